The van der Waals surface area contributed by atoms with Gasteiger partial charge in [-0.05, 0) is 17.9 Å². The number of rotatable bonds is 2. The summed E-state index contributed by atoms with van der Waals surface area (Å²) in [7, 11) is 0. The molecular formula is C9H14O. The molecule has 0 amide bonds. The first-order valence-corrected chi connectivity index (χ1v) is 3.77. The molecule has 0 unspecified atom stereocenters. The van der Waals surface area contributed by atoms with E-state index in [0.29, 0.717) is 11.7 Å². The molecule has 0 aliphatic heterocycles. The van der Waals surface area contributed by atoms with Crippen molar-refractivity contribution in [2.75, 3.05) is 0 Å². The van der Waals surface area contributed by atoms with Crippen LogP contribution in [0.1, 0.15) is 26.7 Å². The Bertz CT molecular complexity index is 175. The zero-order valence-corrected chi connectivity index (χ0v) is 6.59. The average molecular weight is 138 g/mol. The molecule has 0 aromatic heterocycles. The monoisotopic (exact) mass is 138 g/mol. The van der Waals surface area contributed by atoms with Crippen molar-refractivity contribution in [1.82, 2.24) is 0 Å². The van der Waals surface area contributed by atoms with Crippen molar-refractivity contribution in [3.63, 3.8) is 0 Å². The largest absolute Gasteiger partial charge is 0.512 e. The molecule has 0 atom stereocenters. The second kappa shape index (κ2) is 2.91. The maximum atomic E-state index is 9.25. The Morgan fingerprint density at radius 1 is 1.60 bits per heavy atom. The van der Waals surface area contributed by atoms with E-state index in [4.69, 9.17) is 0 Å². The molecule has 0 radical (unpaired) electrons. The zero-order valence-electron chi connectivity index (χ0n) is 6.59. The molecule has 0 saturated carbocycles. The molecule has 1 aliphatic rings. The van der Waals surface area contributed by atoms with Gasteiger partial charge in [0.25, 0.3) is 0 Å². The van der Waals surface area contributed by atoms with Crippen LogP contribution in [-0.4, -0.2) is 5.11 Å². The fourth-order valence-corrected chi connectivity index (χ4v) is 1.17. The van der Waals surface area contributed by atoms with Crippen molar-refractivity contribution in [2.45, 2.75) is 26.7 Å². The summed E-state index contributed by atoms with van der Waals surface area (Å²) in [6.45, 7) is 4.32. The molecule has 1 N–H and O–H groups in total. The molecular weight excluding hydrogens is 124 g/mol. The maximum Gasteiger partial charge on any atom is 0.0992 e. The standard InChI is InChI=1S/C9H14O/c1-7(2)6-8-4-3-5-9(8)10/h3-4,7,10H,5-6H2,1-2H3. The Morgan fingerprint density at radius 2 is 2.30 bits per heavy atom. The number of aliphatic hydroxyl groups is 1. The van der Waals surface area contributed by atoms with Crippen molar-refractivity contribution < 1.29 is 5.11 Å². The van der Waals surface area contributed by atoms with E-state index < -0.39 is 0 Å². The summed E-state index contributed by atoms with van der Waals surface area (Å²) in [6, 6.07) is 0. The Labute approximate surface area is 62.1 Å². The fourth-order valence-electron chi connectivity index (χ4n) is 1.17. The predicted octanol–water partition coefficient (Wildman–Crippen LogP) is 2.80. The van der Waals surface area contributed by atoms with Gasteiger partial charge in [-0.25, -0.2) is 0 Å². The lowest BCUT2D eigenvalue weighted by atomic mass is 10.0. The normalized spacial score (nSPS) is 17.5. The highest BCUT2D eigenvalue weighted by atomic mass is 16.3. The number of allylic oxidation sites excluding steroid dienone is 3. The highest BCUT2D eigenvalue weighted by Crippen LogP contribution is 2.22. The van der Waals surface area contributed by atoms with Gasteiger partial charge in [-0.2, -0.15) is 0 Å². The second-order valence-electron chi connectivity index (χ2n) is 3.18. The van der Waals surface area contributed by atoms with Crippen LogP contribution in [0.4, 0.5) is 0 Å². The number of aliphatic hydroxyl groups excluding tert-OH is 1. The lowest BCUT2D eigenvalue weighted by molar-refractivity contribution is 0.394. The molecule has 1 nitrogen and oxygen atoms in total. The average Bonchev–Trinajstić information content (AvgIpc) is 2.15. The van der Waals surface area contributed by atoms with E-state index in [2.05, 4.69) is 13.8 Å². The van der Waals surface area contributed by atoms with E-state index in [-0.39, 0.29) is 0 Å². The van der Waals surface area contributed by atoms with E-state index in [9.17, 15) is 5.11 Å². The summed E-state index contributed by atoms with van der Waals surface area (Å²) >= 11 is 0. The van der Waals surface area contributed by atoms with E-state index in [1.165, 1.54) is 0 Å². The van der Waals surface area contributed by atoms with Crippen molar-refractivity contribution in [3.05, 3.63) is 23.5 Å². The minimum absolute atomic E-state index is 0.564. The van der Waals surface area contributed by atoms with Gasteiger partial charge in [0.2, 0.25) is 0 Å². The van der Waals surface area contributed by atoms with Gasteiger partial charge in [0.15, 0.2) is 0 Å². The molecule has 0 aromatic rings. The van der Waals surface area contributed by atoms with Crippen LogP contribution in [-0.2, 0) is 0 Å². The van der Waals surface area contributed by atoms with Crippen LogP contribution < -0.4 is 0 Å². The predicted molar refractivity (Wildman–Crippen MR) is 42.9 cm³/mol. The van der Waals surface area contributed by atoms with Crippen LogP contribution in [0.15, 0.2) is 23.5 Å². The quantitative estimate of drug-likeness (QED) is 0.622. The SMILES string of the molecule is CC(C)CC1=C(O)CC=C1. The Hall–Kier alpha value is -0.720. The molecule has 0 bridgehead atoms. The summed E-state index contributed by atoms with van der Waals surface area (Å²) in [6.07, 6.45) is 5.77. The second-order valence-corrected chi connectivity index (χ2v) is 3.18. The Balaban J connectivity index is 2.54. The summed E-state index contributed by atoms with van der Waals surface area (Å²) in [5.74, 6) is 1.20. The van der Waals surface area contributed by atoms with Crippen LogP contribution in [0.5, 0.6) is 0 Å². The van der Waals surface area contributed by atoms with E-state index >= 15 is 0 Å². The van der Waals surface area contributed by atoms with Gasteiger partial charge < -0.3 is 5.11 Å². The molecule has 1 heteroatoms. The summed E-state index contributed by atoms with van der Waals surface area (Å²) in [5, 5.41) is 9.25. The summed E-state index contributed by atoms with van der Waals surface area (Å²) in [5.41, 5.74) is 1.12. The van der Waals surface area contributed by atoms with Crippen molar-refractivity contribution in [2.24, 2.45) is 5.92 Å². The smallest absolute Gasteiger partial charge is 0.0992 e. The molecule has 0 saturated heterocycles. The van der Waals surface area contributed by atoms with Crippen LogP contribution in [0, 0.1) is 5.92 Å². The number of hydrogen-bond acceptors (Lipinski definition) is 1. The minimum Gasteiger partial charge on any atom is -0.512 e. The van der Waals surface area contributed by atoms with E-state index in [1.807, 2.05) is 12.2 Å². The van der Waals surface area contributed by atoms with Gasteiger partial charge in [-0.3, -0.25) is 0 Å². The van der Waals surface area contributed by atoms with Crippen molar-refractivity contribution in [3.8, 4) is 0 Å². The Morgan fingerprint density at radius 3 is 2.70 bits per heavy atom. The van der Waals surface area contributed by atoms with Gasteiger partial charge in [0, 0.05) is 6.42 Å². The van der Waals surface area contributed by atoms with E-state index in [0.717, 1.165) is 18.4 Å². The maximum absolute atomic E-state index is 9.25. The summed E-state index contributed by atoms with van der Waals surface area (Å²) < 4.78 is 0. The molecule has 0 heterocycles. The molecule has 0 aromatic carbocycles. The van der Waals surface area contributed by atoms with Gasteiger partial charge in [-0.1, -0.05) is 26.0 Å². The summed E-state index contributed by atoms with van der Waals surface area (Å²) in [4.78, 5) is 0. The van der Waals surface area contributed by atoms with Gasteiger partial charge in [-0.15, -0.1) is 0 Å². The van der Waals surface area contributed by atoms with Gasteiger partial charge >= 0.3 is 0 Å². The molecule has 1 rings (SSSR count). The van der Waals surface area contributed by atoms with E-state index in [1.54, 1.807) is 0 Å². The van der Waals surface area contributed by atoms with Crippen molar-refractivity contribution >= 4 is 0 Å². The third-order valence-electron chi connectivity index (χ3n) is 1.63. The van der Waals surface area contributed by atoms with Crippen LogP contribution >= 0.6 is 0 Å². The zero-order chi connectivity index (χ0) is 7.56. The van der Waals surface area contributed by atoms with Gasteiger partial charge in [0.05, 0.1) is 5.76 Å². The van der Waals surface area contributed by atoms with Crippen molar-refractivity contribution in [1.29, 1.82) is 0 Å². The molecule has 10 heavy (non-hydrogen) atoms. The first-order valence-electron chi connectivity index (χ1n) is 3.77. The molecule has 0 spiro atoms. The lowest BCUT2D eigenvalue weighted by Crippen LogP contribution is -1.90. The van der Waals surface area contributed by atoms with Gasteiger partial charge in [0.1, 0.15) is 0 Å². The minimum atomic E-state index is 0.564. The lowest BCUT2D eigenvalue weighted by Gasteiger charge is -2.03. The fraction of sp³-hybridized carbons (Fsp3) is 0.556. The first-order chi connectivity index (χ1) is 4.70. The highest BCUT2D eigenvalue weighted by molar-refractivity contribution is 5.29. The Kier molecular flexibility index (Phi) is 2.15. The topological polar surface area (TPSA) is 20.2 Å². The third kappa shape index (κ3) is 1.63. The van der Waals surface area contributed by atoms with Crippen LogP contribution in [0.25, 0.3) is 0 Å². The third-order valence-corrected chi connectivity index (χ3v) is 1.63. The molecule has 1 aliphatic carbocycles. The van der Waals surface area contributed by atoms with Crippen LogP contribution in [0.3, 0.4) is 0 Å². The van der Waals surface area contributed by atoms with Crippen LogP contribution in [0.2, 0.25) is 0 Å². The highest BCUT2D eigenvalue weighted by Gasteiger charge is 2.08. The number of hydrogen-bond donors (Lipinski definition) is 1. The molecule has 0 fully saturated rings. The first kappa shape index (κ1) is 7.39. The molecule has 56 valence electrons.